The van der Waals surface area contributed by atoms with Crippen molar-refractivity contribution in [2.24, 2.45) is 0 Å². The number of methoxy groups -OCH3 is 1. The topological polar surface area (TPSA) is 96.3 Å². The molecule has 1 atom stereocenters. The molecule has 1 aliphatic heterocycles. The van der Waals surface area contributed by atoms with E-state index in [0.717, 1.165) is 23.1 Å². The second-order valence-electron chi connectivity index (χ2n) is 7.66. The lowest BCUT2D eigenvalue weighted by atomic mass is 9.94. The molecule has 0 radical (unpaired) electrons. The number of benzene rings is 3. The first-order valence-corrected chi connectivity index (χ1v) is 10.6. The van der Waals surface area contributed by atoms with Gasteiger partial charge < -0.3 is 19.7 Å². The van der Waals surface area contributed by atoms with Crippen LogP contribution in [-0.2, 0) is 9.59 Å². The van der Waals surface area contributed by atoms with Crippen molar-refractivity contribution >= 4 is 23.1 Å². The molecule has 3 aromatic rings. The number of amides is 1. The number of carbonyl (C=O) groups is 2. The summed E-state index contributed by atoms with van der Waals surface area (Å²) in [6.07, 6.45) is 0. The molecule has 180 valence electrons. The van der Waals surface area contributed by atoms with Crippen LogP contribution < -0.4 is 14.4 Å². The minimum atomic E-state index is -1.26. The van der Waals surface area contributed by atoms with Crippen molar-refractivity contribution in [3.63, 3.8) is 0 Å². The maximum atomic E-state index is 14.1. The lowest BCUT2D eigenvalue weighted by molar-refractivity contribution is -0.132. The van der Waals surface area contributed by atoms with Crippen LogP contribution in [0.5, 0.6) is 17.2 Å². The summed E-state index contributed by atoms with van der Waals surface area (Å²) in [7, 11) is 1.35. The molecule has 4 rings (SSSR count). The summed E-state index contributed by atoms with van der Waals surface area (Å²) in [6.45, 7) is 2.16. The summed E-state index contributed by atoms with van der Waals surface area (Å²) in [5.41, 5.74) is 0.0445. The fourth-order valence-corrected chi connectivity index (χ4v) is 3.98. The Morgan fingerprint density at radius 2 is 1.80 bits per heavy atom. The first kappa shape index (κ1) is 23.7. The maximum absolute atomic E-state index is 14.1. The molecule has 1 unspecified atom stereocenters. The largest absolute Gasteiger partial charge is 0.507 e. The Labute approximate surface area is 199 Å². The van der Waals surface area contributed by atoms with Gasteiger partial charge in [-0.15, -0.1) is 0 Å². The predicted molar refractivity (Wildman–Crippen MR) is 123 cm³/mol. The van der Waals surface area contributed by atoms with Gasteiger partial charge in [-0.3, -0.25) is 14.5 Å². The minimum absolute atomic E-state index is 0.103. The van der Waals surface area contributed by atoms with Crippen LogP contribution in [0.4, 0.5) is 14.5 Å². The normalized spacial score (nSPS) is 17.0. The Hall–Kier alpha value is -4.40. The van der Waals surface area contributed by atoms with Gasteiger partial charge in [-0.2, -0.15) is 0 Å². The van der Waals surface area contributed by atoms with Gasteiger partial charge in [0, 0.05) is 17.3 Å². The van der Waals surface area contributed by atoms with Crippen LogP contribution >= 0.6 is 0 Å². The third kappa shape index (κ3) is 4.28. The monoisotopic (exact) mass is 481 g/mol. The van der Waals surface area contributed by atoms with Crippen molar-refractivity contribution in [1.82, 2.24) is 0 Å². The van der Waals surface area contributed by atoms with E-state index in [-0.39, 0.29) is 33.9 Å². The highest BCUT2D eigenvalue weighted by Crippen LogP contribution is 2.44. The van der Waals surface area contributed by atoms with Crippen LogP contribution in [0.1, 0.15) is 24.1 Å². The minimum Gasteiger partial charge on any atom is -0.507 e. The van der Waals surface area contributed by atoms with Crippen LogP contribution in [-0.4, -0.2) is 35.6 Å². The number of halogens is 2. The van der Waals surface area contributed by atoms with Gasteiger partial charge >= 0.3 is 0 Å². The van der Waals surface area contributed by atoms with Crippen LogP contribution in [0.3, 0.4) is 0 Å². The molecule has 0 aliphatic carbocycles. The summed E-state index contributed by atoms with van der Waals surface area (Å²) in [5.74, 6) is -4.63. The van der Waals surface area contributed by atoms with Gasteiger partial charge in [0.1, 0.15) is 11.5 Å². The van der Waals surface area contributed by atoms with E-state index in [0.29, 0.717) is 12.4 Å². The Morgan fingerprint density at radius 3 is 2.46 bits per heavy atom. The number of aromatic hydroxyl groups is 1. The molecular weight excluding hydrogens is 460 g/mol. The lowest BCUT2D eigenvalue weighted by Gasteiger charge is -2.26. The fraction of sp³-hybridized carbons (Fsp3) is 0.154. The van der Waals surface area contributed by atoms with Gasteiger partial charge in [0.15, 0.2) is 23.1 Å². The molecule has 1 aliphatic rings. The third-order valence-corrected chi connectivity index (χ3v) is 5.56. The summed E-state index contributed by atoms with van der Waals surface area (Å²) in [6, 6.07) is 12.0. The van der Waals surface area contributed by atoms with E-state index in [4.69, 9.17) is 9.47 Å². The van der Waals surface area contributed by atoms with E-state index in [2.05, 4.69) is 0 Å². The van der Waals surface area contributed by atoms with Crippen LogP contribution in [0.25, 0.3) is 5.76 Å². The van der Waals surface area contributed by atoms with Gasteiger partial charge in [0.05, 0.1) is 25.3 Å². The molecule has 0 spiro atoms. The Bertz CT molecular complexity index is 1350. The number of nitrogens with zero attached hydrogens (tertiary/aromatic N) is 1. The summed E-state index contributed by atoms with van der Waals surface area (Å²) in [4.78, 5) is 27.2. The van der Waals surface area contributed by atoms with Crippen molar-refractivity contribution in [2.45, 2.75) is 13.0 Å². The number of ketones is 1. The van der Waals surface area contributed by atoms with Crippen molar-refractivity contribution in [1.29, 1.82) is 0 Å². The van der Waals surface area contributed by atoms with E-state index in [9.17, 15) is 28.6 Å². The molecule has 2 N–H and O–H groups in total. The molecule has 7 nitrogen and oxygen atoms in total. The van der Waals surface area contributed by atoms with E-state index < -0.39 is 35.1 Å². The standard InChI is InChI=1S/C26H21F2NO6/c1-3-35-17-6-4-5-15(11-17)24(31)22-23(14-7-10-21(34-2)20(30)12-14)29(26(33)25(22)32)16-8-9-18(27)19(28)13-16/h4-13,23,30-31H,3H2,1-2H3/b24-22+. The molecule has 0 saturated carbocycles. The Balaban J connectivity index is 1.95. The fourth-order valence-electron chi connectivity index (χ4n) is 3.98. The van der Waals surface area contributed by atoms with E-state index >= 15 is 0 Å². The molecular formula is C26H21F2NO6. The highest BCUT2D eigenvalue weighted by atomic mass is 19.2. The number of anilines is 1. The Morgan fingerprint density at radius 1 is 1.03 bits per heavy atom. The van der Waals surface area contributed by atoms with Crippen LogP contribution in [0.2, 0.25) is 0 Å². The number of phenolic OH excluding ortho intramolecular Hbond substituents is 1. The van der Waals surface area contributed by atoms with Gasteiger partial charge in [0.25, 0.3) is 11.7 Å². The summed E-state index contributed by atoms with van der Waals surface area (Å²) < 4.78 is 38.2. The predicted octanol–water partition coefficient (Wildman–Crippen LogP) is 4.70. The number of phenols is 1. The van der Waals surface area contributed by atoms with Crippen molar-refractivity contribution in [3.8, 4) is 17.2 Å². The second-order valence-corrected chi connectivity index (χ2v) is 7.66. The number of aliphatic hydroxyl groups excluding tert-OH is 1. The van der Waals surface area contributed by atoms with Crippen molar-refractivity contribution in [2.75, 3.05) is 18.6 Å². The molecule has 1 heterocycles. The number of aliphatic hydroxyl groups is 1. The quantitative estimate of drug-likeness (QED) is 0.301. The maximum Gasteiger partial charge on any atom is 0.300 e. The summed E-state index contributed by atoms with van der Waals surface area (Å²) >= 11 is 0. The zero-order valence-electron chi connectivity index (χ0n) is 18.8. The average molecular weight is 481 g/mol. The molecule has 35 heavy (non-hydrogen) atoms. The van der Waals surface area contributed by atoms with Crippen molar-refractivity contribution in [3.05, 3.63) is 89.0 Å². The third-order valence-electron chi connectivity index (χ3n) is 5.56. The number of rotatable bonds is 6. The molecule has 1 amide bonds. The molecule has 9 heteroatoms. The number of carbonyl (C=O) groups excluding carboxylic acids is 2. The first-order chi connectivity index (χ1) is 16.8. The number of hydrogen-bond donors (Lipinski definition) is 2. The first-order valence-electron chi connectivity index (χ1n) is 10.6. The summed E-state index contributed by atoms with van der Waals surface area (Å²) in [5, 5.41) is 21.5. The zero-order valence-corrected chi connectivity index (χ0v) is 18.8. The van der Waals surface area contributed by atoms with Crippen molar-refractivity contribution < 1.29 is 38.1 Å². The smallest absolute Gasteiger partial charge is 0.300 e. The SMILES string of the molecule is CCOc1cccc(/C(O)=C2\C(=O)C(=O)N(c3ccc(F)c(F)c3)C2c2ccc(OC)c(O)c2)c1. The van der Waals surface area contributed by atoms with Crippen LogP contribution in [0.15, 0.2) is 66.2 Å². The average Bonchev–Trinajstić information content (AvgIpc) is 3.11. The second kappa shape index (κ2) is 9.46. The molecule has 0 bridgehead atoms. The van der Waals surface area contributed by atoms with Gasteiger partial charge in [-0.05, 0) is 48.9 Å². The number of hydrogen-bond acceptors (Lipinski definition) is 6. The van der Waals surface area contributed by atoms with E-state index in [1.807, 2.05) is 0 Å². The highest BCUT2D eigenvalue weighted by Gasteiger charge is 2.47. The molecule has 1 fully saturated rings. The van der Waals surface area contributed by atoms with E-state index in [1.165, 1.54) is 37.4 Å². The van der Waals surface area contributed by atoms with Crippen LogP contribution in [0, 0.1) is 11.6 Å². The van der Waals surface area contributed by atoms with E-state index in [1.54, 1.807) is 19.1 Å². The molecule has 1 saturated heterocycles. The lowest BCUT2D eigenvalue weighted by Crippen LogP contribution is -2.29. The highest BCUT2D eigenvalue weighted by molar-refractivity contribution is 6.51. The van der Waals surface area contributed by atoms with Gasteiger partial charge in [-0.25, -0.2) is 8.78 Å². The zero-order chi connectivity index (χ0) is 25.3. The number of ether oxygens (including phenoxy) is 2. The molecule has 3 aromatic carbocycles. The van der Waals surface area contributed by atoms with Gasteiger partial charge in [0.2, 0.25) is 0 Å². The molecule has 0 aromatic heterocycles. The number of Topliss-reactive ketones (excluding diaryl/α,β-unsaturated/α-hetero) is 1. The van der Waals surface area contributed by atoms with Gasteiger partial charge in [-0.1, -0.05) is 18.2 Å². The Kier molecular flexibility index (Phi) is 6.42.